The Bertz CT molecular complexity index is 527. The van der Waals surface area contributed by atoms with Gasteiger partial charge in [0.25, 0.3) is 0 Å². The summed E-state index contributed by atoms with van der Waals surface area (Å²) in [5.74, 6) is 0.803. The third-order valence-corrected chi connectivity index (χ3v) is 4.66. The van der Waals surface area contributed by atoms with Crippen LogP contribution in [0.15, 0.2) is 24.3 Å². The van der Waals surface area contributed by atoms with Gasteiger partial charge in [-0.05, 0) is 24.4 Å². The zero-order valence-electron chi connectivity index (χ0n) is 11.7. The zero-order chi connectivity index (χ0) is 15.0. The second-order valence-electron chi connectivity index (χ2n) is 4.30. The summed E-state index contributed by atoms with van der Waals surface area (Å²) in [5.41, 5.74) is 1.67. The smallest absolute Gasteiger partial charge is 0.221 e. The molecule has 0 atom stereocenters. The fraction of sp³-hybridized carbons (Fsp3) is 0.462. The SMILES string of the molecule is CNS(=O)(=O)Cc1ccc(CNC(=O)CCSC)cc1. The minimum atomic E-state index is -3.24. The van der Waals surface area contributed by atoms with Gasteiger partial charge in [-0.15, -0.1) is 0 Å². The van der Waals surface area contributed by atoms with Crippen LogP contribution in [0.3, 0.4) is 0 Å². The molecule has 1 aromatic carbocycles. The van der Waals surface area contributed by atoms with Gasteiger partial charge in [0.2, 0.25) is 15.9 Å². The van der Waals surface area contributed by atoms with Crippen LogP contribution in [0.25, 0.3) is 0 Å². The predicted molar refractivity (Wildman–Crippen MR) is 83.0 cm³/mol. The van der Waals surface area contributed by atoms with E-state index in [2.05, 4.69) is 10.0 Å². The number of rotatable bonds is 8. The van der Waals surface area contributed by atoms with E-state index in [0.717, 1.165) is 16.9 Å². The highest BCUT2D eigenvalue weighted by Gasteiger charge is 2.08. The van der Waals surface area contributed by atoms with Gasteiger partial charge in [0, 0.05) is 18.7 Å². The van der Waals surface area contributed by atoms with Crippen LogP contribution in [0, 0.1) is 0 Å². The van der Waals surface area contributed by atoms with Crippen molar-refractivity contribution >= 4 is 27.7 Å². The lowest BCUT2D eigenvalue weighted by molar-refractivity contribution is -0.120. The summed E-state index contributed by atoms with van der Waals surface area (Å²) in [6.07, 6.45) is 2.48. The first kappa shape index (κ1) is 17.0. The van der Waals surface area contributed by atoms with Gasteiger partial charge in [-0.1, -0.05) is 24.3 Å². The molecule has 0 saturated heterocycles. The molecule has 112 valence electrons. The number of amides is 1. The Morgan fingerprint density at radius 1 is 1.20 bits per heavy atom. The van der Waals surface area contributed by atoms with Crippen LogP contribution >= 0.6 is 11.8 Å². The highest BCUT2D eigenvalue weighted by molar-refractivity contribution is 7.98. The van der Waals surface area contributed by atoms with E-state index in [-0.39, 0.29) is 11.7 Å². The first-order valence-corrected chi connectivity index (χ1v) is 9.26. The van der Waals surface area contributed by atoms with E-state index in [0.29, 0.717) is 13.0 Å². The van der Waals surface area contributed by atoms with Gasteiger partial charge < -0.3 is 5.32 Å². The van der Waals surface area contributed by atoms with Gasteiger partial charge >= 0.3 is 0 Å². The number of thioether (sulfide) groups is 1. The molecule has 0 saturated carbocycles. The van der Waals surface area contributed by atoms with E-state index in [1.165, 1.54) is 7.05 Å². The molecular weight excluding hydrogens is 296 g/mol. The molecule has 1 amide bonds. The Hall–Kier alpha value is -1.05. The van der Waals surface area contributed by atoms with Gasteiger partial charge in [-0.25, -0.2) is 13.1 Å². The fourth-order valence-electron chi connectivity index (χ4n) is 1.53. The molecule has 0 aliphatic heterocycles. The van der Waals surface area contributed by atoms with E-state index in [1.54, 1.807) is 23.9 Å². The third kappa shape index (κ3) is 6.40. The van der Waals surface area contributed by atoms with E-state index in [9.17, 15) is 13.2 Å². The number of carbonyl (C=O) groups is 1. The Morgan fingerprint density at radius 3 is 2.35 bits per heavy atom. The molecule has 0 heterocycles. The Morgan fingerprint density at radius 2 is 1.80 bits per heavy atom. The monoisotopic (exact) mass is 316 g/mol. The lowest BCUT2D eigenvalue weighted by Crippen LogP contribution is -2.23. The summed E-state index contributed by atoms with van der Waals surface area (Å²) in [7, 11) is -1.85. The Kier molecular flexibility index (Phi) is 7.04. The molecule has 0 unspecified atom stereocenters. The maximum Gasteiger partial charge on any atom is 0.221 e. The summed E-state index contributed by atoms with van der Waals surface area (Å²) in [4.78, 5) is 11.5. The van der Waals surface area contributed by atoms with Crippen molar-refractivity contribution in [3.63, 3.8) is 0 Å². The summed E-state index contributed by atoms with van der Waals surface area (Å²) in [6, 6.07) is 7.18. The van der Waals surface area contributed by atoms with Crippen LogP contribution < -0.4 is 10.0 Å². The van der Waals surface area contributed by atoms with Crippen molar-refractivity contribution in [3.8, 4) is 0 Å². The molecule has 2 N–H and O–H groups in total. The second kappa shape index (κ2) is 8.28. The van der Waals surface area contributed by atoms with Crippen molar-refractivity contribution in [1.82, 2.24) is 10.0 Å². The number of sulfonamides is 1. The molecule has 20 heavy (non-hydrogen) atoms. The number of carbonyl (C=O) groups excluding carboxylic acids is 1. The van der Waals surface area contributed by atoms with Crippen LogP contribution in [0.1, 0.15) is 17.5 Å². The van der Waals surface area contributed by atoms with Crippen molar-refractivity contribution in [1.29, 1.82) is 0 Å². The molecular formula is C13H20N2O3S2. The second-order valence-corrected chi connectivity index (χ2v) is 7.21. The first-order chi connectivity index (χ1) is 9.46. The topological polar surface area (TPSA) is 75.3 Å². The lowest BCUT2D eigenvalue weighted by Gasteiger charge is -2.06. The minimum absolute atomic E-state index is 0.0289. The van der Waals surface area contributed by atoms with Crippen molar-refractivity contribution in [3.05, 3.63) is 35.4 Å². The van der Waals surface area contributed by atoms with Crippen molar-refractivity contribution in [2.45, 2.75) is 18.7 Å². The summed E-state index contributed by atoms with van der Waals surface area (Å²) >= 11 is 1.64. The maximum atomic E-state index is 11.5. The van der Waals surface area contributed by atoms with Gasteiger partial charge in [0.05, 0.1) is 5.75 Å². The maximum absolute atomic E-state index is 11.5. The summed E-state index contributed by atoms with van der Waals surface area (Å²) < 4.78 is 25.1. The number of benzene rings is 1. The number of hydrogen-bond donors (Lipinski definition) is 2. The number of nitrogens with one attached hydrogen (secondary N) is 2. The molecule has 0 aliphatic carbocycles. The van der Waals surface area contributed by atoms with E-state index in [4.69, 9.17) is 0 Å². The number of hydrogen-bond acceptors (Lipinski definition) is 4. The first-order valence-electron chi connectivity index (χ1n) is 6.21. The quantitative estimate of drug-likeness (QED) is 0.753. The van der Waals surface area contributed by atoms with Gasteiger partial charge in [0.1, 0.15) is 0 Å². The van der Waals surface area contributed by atoms with Crippen molar-refractivity contribution in [2.24, 2.45) is 0 Å². The van der Waals surface area contributed by atoms with Crippen LogP contribution in [0.2, 0.25) is 0 Å². The summed E-state index contributed by atoms with van der Waals surface area (Å²) in [5, 5.41) is 2.83. The predicted octanol–water partition coefficient (Wildman–Crippen LogP) is 1.11. The Balaban J connectivity index is 2.49. The largest absolute Gasteiger partial charge is 0.352 e. The minimum Gasteiger partial charge on any atom is -0.352 e. The zero-order valence-corrected chi connectivity index (χ0v) is 13.3. The van der Waals surface area contributed by atoms with Crippen LogP contribution in [-0.2, 0) is 27.1 Å². The molecule has 0 fully saturated rings. The molecule has 5 nitrogen and oxygen atoms in total. The van der Waals surface area contributed by atoms with Crippen LogP contribution in [-0.4, -0.2) is 33.4 Å². The van der Waals surface area contributed by atoms with Gasteiger partial charge in [-0.2, -0.15) is 11.8 Å². The van der Waals surface area contributed by atoms with E-state index < -0.39 is 10.0 Å². The Labute approximate surface area is 124 Å². The molecule has 1 aromatic rings. The fourth-order valence-corrected chi connectivity index (χ4v) is 2.69. The van der Waals surface area contributed by atoms with E-state index >= 15 is 0 Å². The highest BCUT2D eigenvalue weighted by Crippen LogP contribution is 2.07. The molecule has 1 rings (SSSR count). The van der Waals surface area contributed by atoms with Gasteiger partial charge in [-0.3, -0.25) is 4.79 Å². The van der Waals surface area contributed by atoms with Crippen molar-refractivity contribution < 1.29 is 13.2 Å². The van der Waals surface area contributed by atoms with E-state index in [1.807, 2.05) is 18.4 Å². The average Bonchev–Trinajstić information content (AvgIpc) is 2.44. The normalized spacial score (nSPS) is 11.3. The van der Waals surface area contributed by atoms with Crippen LogP contribution in [0.4, 0.5) is 0 Å². The van der Waals surface area contributed by atoms with Crippen molar-refractivity contribution in [2.75, 3.05) is 19.1 Å². The third-order valence-electron chi connectivity index (χ3n) is 2.71. The van der Waals surface area contributed by atoms with Gasteiger partial charge in [0.15, 0.2) is 0 Å². The molecule has 0 radical (unpaired) electrons. The molecule has 0 aliphatic rings. The molecule has 0 spiro atoms. The summed E-state index contributed by atoms with van der Waals surface area (Å²) in [6.45, 7) is 0.465. The average molecular weight is 316 g/mol. The van der Waals surface area contributed by atoms with Crippen LogP contribution in [0.5, 0.6) is 0 Å². The molecule has 0 bridgehead atoms. The standard InChI is InChI=1S/C13H20N2O3S2/c1-14-20(17,18)10-12-5-3-11(4-6-12)9-15-13(16)7-8-19-2/h3-6,14H,7-10H2,1-2H3,(H,15,16). The highest BCUT2D eigenvalue weighted by atomic mass is 32.2. The molecule has 0 aromatic heterocycles. The lowest BCUT2D eigenvalue weighted by atomic mass is 10.1. The molecule has 7 heteroatoms.